The molecule has 0 aliphatic carbocycles. The first-order valence-electron chi connectivity index (χ1n) is 6.60. The highest BCUT2D eigenvalue weighted by atomic mass is 15.1. The molecule has 2 rings (SSSR count). The summed E-state index contributed by atoms with van der Waals surface area (Å²) < 4.78 is 0. The number of nitrogens with one attached hydrogen (secondary N) is 1. The first-order valence-corrected chi connectivity index (χ1v) is 6.60. The van der Waals surface area contributed by atoms with Crippen LogP contribution in [0, 0.1) is 11.3 Å². The SMILES string of the molecule is CNC1(CC#N)CCN(Cc2ccccc2)CC1. The van der Waals surface area contributed by atoms with Gasteiger partial charge in [0.1, 0.15) is 0 Å². The lowest BCUT2D eigenvalue weighted by molar-refractivity contribution is 0.137. The van der Waals surface area contributed by atoms with Gasteiger partial charge in [0.25, 0.3) is 0 Å². The lowest BCUT2D eigenvalue weighted by Crippen LogP contribution is -2.51. The Balaban J connectivity index is 1.89. The van der Waals surface area contributed by atoms with Gasteiger partial charge in [-0.3, -0.25) is 4.90 Å². The van der Waals surface area contributed by atoms with Gasteiger partial charge >= 0.3 is 0 Å². The fourth-order valence-electron chi connectivity index (χ4n) is 2.65. The van der Waals surface area contributed by atoms with Crippen LogP contribution in [0.25, 0.3) is 0 Å². The smallest absolute Gasteiger partial charge is 0.0641 e. The number of benzene rings is 1. The molecule has 0 unspecified atom stereocenters. The van der Waals surface area contributed by atoms with Crippen molar-refractivity contribution in [2.75, 3.05) is 20.1 Å². The molecule has 96 valence electrons. The van der Waals surface area contributed by atoms with E-state index in [-0.39, 0.29) is 5.54 Å². The summed E-state index contributed by atoms with van der Waals surface area (Å²) in [6.45, 7) is 3.15. The van der Waals surface area contributed by atoms with E-state index < -0.39 is 0 Å². The van der Waals surface area contributed by atoms with Gasteiger partial charge in [-0.2, -0.15) is 5.26 Å². The minimum atomic E-state index is 0.0436. The summed E-state index contributed by atoms with van der Waals surface area (Å²) in [6.07, 6.45) is 2.73. The van der Waals surface area contributed by atoms with Crippen molar-refractivity contribution in [3.63, 3.8) is 0 Å². The van der Waals surface area contributed by atoms with E-state index in [4.69, 9.17) is 5.26 Å². The molecule has 1 aromatic carbocycles. The molecule has 0 saturated carbocycles. The Morgan fingerprint density at radius 3 is 2.50 bits per heavy atom. The number of hydrogen-bond donors (Lipinski definition) is 1. The third-order valence-electron chi connectivity index (χ3n) is 4.01. The van der Waals surface area contributed by atoms with Gasteiger partial charge in [-0.25, -0.2) is 0 Å². The average molecular weight is 243 g/mol. The van der Waals surface area contributed by atoms with Crippen molar-refractivity contribution >= 4 is 0 Å². The standard InChI is InChI=1S/C15H21N3/c1-17-15(7-10-16)8-11-18(12-9-15)13-14-5-3-2-4-6-14/h2-6,17H,7-9,11-13H2,1H3. The van der Waals surface area contributed by atoms with Gasteiger partial charge < -0.3 is 5.32 Å². The fourth-order valence-corrected chi connectivity index (χ4v) is 2.65. The zero-order valence-corrected chi connectivity index (χ0v) is 11.0. The number of hydrogen-bond acceptors (Lipinski definition) is 3. The van der Waals surface area contributed by atoms with E-state index in [2.05, 4.69) is 46.6 Å². The monoisotopic (exact) mass is 243 g/mol. The maximum atomic E-state index is 8.91. The van der Waals surface area contributed by atoms with Crippen molar-refractivity contribution in [3.8, 4) is 6.07 Å². The average Bonchev–Trinajstić information content (AvgIpc) is 2.43. The Morgan fingerprint density at radius 1 is 1.28 bits per heavy atom. The van der Waals surface area contributed by atoms with Crippen LogP contribution in [0.4, 0.5) is 0 Å². The van der Waals surface area contributed by atoms with Crippen molar-refractivity contribution in [1.29, 1.82) is 5.26 Å². The Morgan fingerprint density at radius 2 is 1.94 bits per heavy atom. The maximum absolute atomic E-state index is 8.91. The quantitative estimate of drug-likeness (QED) is 0.880. The van der Waals surface area contributed by atoms with Gasteiger partial charge in [-0.05, 0) is 25.5 Å². The third-order valence-corrected chi connectivity index (χ3v) is 4.01. The van der Waals surface area contributed by atoms with Gasteiger partial charge in [-0.15, -0.1) is 0 Å². The topological polar surface area (TPSA) is 39.1 Å². The van der Waals surface area contributed by atoms with E-state index in [1.165, 1.54) is 5.56 Å². The Labute approximate surface area is 109 Å². The summed E-state index contributed by atoms with van der Waals surface area (Å²) >= 11 is 0. The number of likely N-dealkylation sites (tertiary alicyclic amines) is 1. The van der Waals surface area contributed by atoms with Gasteiger partial charge in [0.2, 0.25) is 0 Å². The van der Waals surface area contributed by atoms with E-state index in [0.29, 0.717) is 6.42 Å². The summed E-state index contributed by atoms with van der Waals surface area (Å²) in [6, 6.07) is 12.9. The lowest BCUT2D eigenvalue weighted by Gasteiger charge is -2.40. The highest BCUT2D eigenvalue weighted by Crippen LogP contribution is 2.25. The normalized spacial score (nSPS) is 19.3. The molecule has 0 spiro atoms. The molecule has 1 aromatic rings. The molecule has 18 heavy (non-hydrogen) atoms. The van der Waals surface area contributed by atoms with Gasteiger partial charge in [0.05, 0.1) is 12.5 Å². The zero-order valence-electron chi connectivity index (χ0n) is 11.0. The van der Waals surface area contributed by atoms with Crippen LogP contribution in [-0.4, -0.2) is 30.6 Å². The zero-order chi connectivity index (χ0) is 12.8. The Kier molecular flexibility index (Phi) is 4.35. The molecule has 0 radical (unpaired) electrons. The molecule has 3 nitrogen and oxygen atoms in total. The molecule has 1 heterocycles. The predicted molar refractivity (Wildman–Crippen MR) is 73.0 cm³/mol. The minimum absolute atomic E-state index is 0.0436. The van der Waals surface area contributed by atoms with E-state index in [9.17, 15) is 0 Å². The van der Waals surface area contributed by atoms with Crippen LogP contribution in [0.2, 0.25) is 0 Å². The molecule has 0 bridgehead atoms. The molecule has 0 amide bonds. The largest absolute Gasteiger partial charge is 0.313 e. The summed E-state index contributed by atoms with van der Waals surface area (Å²) in [5.41, 5.74) is 1.41. The summed E-state index contributed by atoms with van der Waals surface area (Å²) in [5, 5.41) is 12.3. The van der Waals surface area contributed by atoms with Crippen LogP contribution in [0.15, 0.2) is 30.3 Å². The molecule has 0 aromatic heterocycles. The van der Waals surface area contributed by atoms with Crippen molar-refractivity contribution < 1.29 is 0 Å². The Bertz CT molecular complexity index is 399. The summed E-state index contributed by atoms with van der Waals surface area (Å²) in [4.78, 5) is 2.47. The van der Waals surface area contributed by atoms with Crippen LogP contribution < -0.4 is 5.32 Å². The number of nitrogens with zero attached hydrogens (tertiary/aromatic N) is 2. The van der Waals surface area contributed by atoms with Crippen LogP contribution >= 0.6 is 0 Å². The molecule has 1 fully saturated rings. The van der Waals surface area contributed by atoms with E-state index in [0.717, 1.165) is 32.5 Å². The fraction of sp³-hybridized carbons (Fsp3) is 0.533. The highest BCUT2D eigenvalue weighted by molar-refractivity contribution is 5.14. The molecule has 1 N–H and O–H groups in total. The number of nitriles is 1. The van der Waals surface area contributed by atoms with Crippen molar-refractivity contribution in [1.82, 2.24) is 10.2 Å². The van der Waals surface area contributed by atoms with Crippen LogP contribution in [0.1, 0.15) is 24.8 Å². The molecule has 0 atom stereocenters. The number of rotatable bonds is 4. The third kappa shape index (κ3) is 3.10. The van der Waals surface area contributed by atoms with Gasteiger partial charge in [-0.1, -0.05) is 30.3 Å². The van der Waals surface area contributed by atoms with E-state index in [1.54, 1.807) is 0 Å². The highest BCUT2D eigenvalue weighted by Gasteiger charge is 2.32. The van der Waals surface area contributed by atoms with Crippen molar-refractivity contribution in [2.45, 2.75) is 31.3 Å². The van der Waals surface area contributed by atoms with Gasteiger partial charge in [0, 0.05) is 25.2 Å². The second kappa shape index (κ2) is 5.99. The van der Waals surface area contributed by atoms with Crippen LogP contribution in [0.5, 0.6) is 0 Å². The van der Waals surface area contributed by atoms with E-state index >= 15 is 0 Å². The molecular weight excluding hydrogens is 222 g/mol. The molecule has 1 saturated heterocycles. The maximum Gasteiger partial charge on any atom is 0.0641 e. The first-order chi connectivity index (χ1) is 8.78. The molecule has 1 aliphatic heterocycles. The molecule has 3 heteroatoms. The van der Waals surface area contributed by atoms with E-state index in [1.807, 2.05) is 7.05 Å². The second-order valence-corrected chi connectivity index (χ2v) is 5.13. The van der Waals surface area contributed by atoms with Crippen LogP contribution in [-0.2, 0) is 6.54 Å². The van der Waals surface area contributed by atoms with Crippen molar-refractivity contribution in [2.24, 2.45) is 0 Å². The summed E-state index contributed by atoms with van der Waals surface area (Å²) in [7, 11) is 1.98. The second-order valence-electron chi connectivity index (χ2n) is 5.13. The number of piperidine rings is 1. The lowest BCUT2D eigenvalue weighted by atomic mass is 9.85. The molecule has 1 aliphatic rings. The first kappa shape index (κ1) is 13.1. The minimum Gasteiger partial charge on any atom is -0.313 e. The van der Waals surface area contributed by atoms with Crippen LogP contribution in [0.3, 0.4) is 0 Å². The molecular formula is C15H21N3. The van der Waals surface area contributed by atoms with Crippen molar-refractivity contribution in [3.05, 3.63) is 35.9 Å². The predicted octanol–water partition coefficient (Wildman–Crippen LogP) is 2.15. The van der Waals surface area contributed by atoms with Gasteiger partial charge in [0.15, 0.2) is 0 Å². The summed E-state index contributed by atoms with van der Waals surface area (Å²) in [5.74, 6) is 0. The Hall–Kier alpha value is -1.37.